The fraction of sp³-hybridized carbons (Fsp3) is 0.462. The van der Waals surface area contributed by atoms with Gasteiger partial charge in [0.25, 0.3) is 5.91 Å². The van der Waals surface area contributed by atoms with Gasteiger partial charge in [-0.25, -0.2) is 19.7 Å². The van der Waals surface area contributed by atoms with Crippen LogP contribution in [0.3, 0.4) is 0 Å². The number of hydrogen-bond donors (Lipinski definition) is 4. The van der Waals surface area contributed by atoms with Crippen molar-refractivity contribution in [3.63, 3.8) is 0 Å². The highest BCUT2D eigenvalue weighted by molar-refractivity contribution is 7.22. The molecule has 0 radical (unpaired) electrons. The van der Waals surface area contributed by atoms with Gasteiger partial charge in [0.05, 0.1) is 44.1 Å². The van der Waals surface area contributed by atoms with E-state index in [0.717, 1.165) is 98.5 Å². The maximum atomic E-state index is 14.2. The molecule has 4 N–H and O–H groups in total. The van der Waals surface area contributed by atoms with Gasteiger partial charge in [0.2, 0.25) is 17.7 Å². The van der Waals surface area contributed by atoms with Crippen LogP contribution in [0.1, 0.15) is 167 Å². The van der Waals surface area contributed by atoms with E-state index in [2.05, 4.69) is 36.9 Å². The molecule has 17 nitrogen and oxygen atoms in total. The van der Waals surface area contributed by atoms with Crippen molar-refractivity contribution >= 4 is 73.4 Å². The van der Waals surface area contributed by atoms with E-state index in [1.54, 1.807) is 11.3 Å². The molecule has 4 aromatic heterocycles. The number of amides is 4. The number of aliphatic hydroxyl groups is 1. The van der Waals surface area contributed by atoms with Gasteiger partial charge in [-0.1, -0.05) is 113 Å². The number of esters is 1. The van der Waals surface area contributed by atoms with E-state index in [9.17, 15) is 29.1 Å². The van der Waals surface area contributed by atoms with Crippen molar-refractivity contribution in [2.75, 3.05) is 23.3 Å². The Labute approximate surface area is 501 Å². The zero-order chi connectivity index (χ0) is 60.0. The second-order valence-corrected chi connectivity index (χ2v) is 26.4. The number of para-hydroxylation sites is 1. The molecule has 6 heterocycles. The highest BCUT2D eigenvalue weighted by atomic mass is 32.1. The molecule has 0 saturated carbocycles. The highest BCUT2D eigenvalue weighted by Crippen LogP contribution is 2.36. The number of β-amino-alcohol motifs (C(OH)–C–C–N with tert-alkyl or cyclic N) is 1. The third-order valence-corrected chi connectivity index (χ3v) is 17.7. The van der Waals surface area contributed by atoms with Crippen molar-refractivity contribution in [1.82, 2.24) is 40.3 Å². The Hall–Kier alpha value is -7.35. The molecule has 0 bridgehead atoms. The average molecular weight is 1180 g/mol. The van der Waals surface area contributed by atoms with Gasteiger partial charge >= 0.3 is 5.97 Å². The number of anilines is 2. The number of pyridine rings is 1. The van der Waals surface area contributed by atoms with Crippen molar-refractivity contribution in [3.8, 4) is 21.6 Å². The summed E-state index contributed by atoms with van der Waals surface area (Å²) in [7, 11) is 0. The molecule has 444 valence electrons. The highest BCUT2D eigenvalue weighted by Gasteiger charge is 2.45. The molecule has 3 aromatic carbocycles. The summed E-state index contributed by atoms with van der Waals surface area (Å²) >= 11 is 3.02. The summed E-state index contributed by atoms with van der Waals surface area (Å²) in [5.41, 5.74) is 10.2. The third kappa shape index (κ3) is 14.6. The maximum Gasteiger partial charge on any atom is 0.358 e. The standard InChI is InChI=1S/C65H80N10O7S2/c1-39(43-26-28-45(29-27-43)57-41(3)66-38-83-57)67-60(79)51-35-46(76)36-74(51)61(80)58(64(5,6)7)70-54(77)25-16-14-12-11-13-15-19-33-75-42(4)55(40(2)72-75)48-30-31-53(69-56(48)62(81)82-65(8,9)10)73-34-32-44-21-20-22-47(49(44)37-73)59(78)71-63-68-50-23-17-18-24-52(50)84-63/h17-18,20-24,26-31,38-39,46,51,58,76H,11-16,19,25,32-37H2,1-10H3,(H,67,79)(H,70,77)(H,68,71,78)/t39-,46+,51-,58+/m0/s1. The van der Waals surface area contributed by atoms with Crippen LogP contribution in [-0.4, -0.2) is 101 Å². The minimum absolute atomic E-state index is 0.0127. The molecule has 0 unspecified atom stereocenters. The van der Waals surface area contributed by atoms with Crippen molar-refractivity contribution in [3.05, 3.63) is 129 Å². The van der Waals surface area contributed by atoms with Gasteiger partial charge in [0, 0.05) is 61.4 Å². The first-order valence-electron chi connectivity index (χ1n) is 29.4. The summed E-state index contributed by atoms with van der Waals surface area (Å²) in [5.74, 6) is -1.06. The van der Waals surface area contributed by atoms with Gasteiger partial charge in [0.15, 0.2) is 10.8 Å². The molecule has 2 aliphatic rings. The van der Waals surface area contributed by atoms with Crippen molar-refractivity contribution in [1.29, 1.82) is 0 Å². The SMILES string of the molecule is Cc1ncsc1-c1ccc([C@H](C)NC(=O)[C@@H]2C[C@@H](O)CN2C(=O)[C@@H](NC(=O)CCCCCCCCCn2nc(C)c(-c3ccc(N4CCc5cccc(C(=O)Nc6nc7ccccc7s6)c5C4)nc3C(=O)OC(C)(C)C)c2C)C(C)(C)C)cc1. The second kappa shape index (κ2) is 26.3. The first-order valence-corrected chi connectivity index (χ1v) is 31.1. The van der Waals surface area contributed by atoms with Crippen LogP contribution in [0.2, 0.25) is 0 Å². The first kappa shape index (κ1) is 61.2. The van der Waals surface area contributed by atoms with Gasteiger partial charge < -0.3 is 30.3 Å². The monoisotopic (exact) mass is 1180 g/mol. The number of nitrogens with zero attached hydrogens (tertiary/aromatic N) is 7. The fourth-order valence-electron chi connectivity index (χ4n) is 11.4. The lowest BCUT2D eigenvalue weighted by Crippen LogP contribution is -2.57. The number of nitrogens with one attached hydrogen (secondary N) is 3. The summed E-state index contributed by atoms with van der Waals surface area (Å²) in [5, 5.41) is 25.3. The van der Waals surface area contributed by atoms with Crippen LogP contribution >= 0.6 is 22.7 Å². The smallest absolute Gasteiger partial charge is 0.358 e. The Kier molecular flexibility index (Phi) is 19.2. The molecule has 0 aliphatic carbocycles. The summed E-state index contributed by atoms with van der Waals surface area (Å²) in [6.45, 7) is 20.9. The number of thiazole rings is 2. The average Bonchev–Trinajstić information content (AvgIpc) is 2.74. The van der Waals surface area contributed by atoms with E-state index in [1.165, 1.54) is 16.2 Å². The summed E-state index contributed by atoms with van der Waals surface area (Å²) in [6, 6.07) is 23.4. The number of hydrogen-bond acceptors (Lipinski definition) is 14. The van der Waals surface area contributed by atoms with Gasteiger partial charge in [-0.3, -0.25) is 29.2 Å². The molecule has 0 spiro atoms. The van der Waals surface area contributed by atoms with Gasteiger partial charge in [-0.2, -0.15) is 5.10 Å². The topological polar surface area (TPSA) is 214 Å². The van der Waals surface area contributed by atoms with Crippen LogP contribution in [0, 0.1) is 26.2 Å². The minimum Gasteiger partial charge on any atom is -0.455 e. The lowest BCUT2D eigenvalue weighted by atomic mass is 9.85. The fourth-order valence-corrected chi connectivity index (χ4v) is 13.0. The number of aryl methyl sites for hydroxylation is 3. The number of carbonyl (C=O) groups excluding carboxylic acids is 5. The molecular weight excluding hydrogens is 1100 g/mol. The lowest BCUT2D eigenvalue weighted by Gasteiger charge is -2.35. The van der Waals surface area contributed by atoms with Gasteiger partial charge in [-0.15, -0.1) is 11.3 Å². The number of carbonyl (C=O) groups is 5. The Morgan fingerprint density at radius 3 is 2.25 bits per heavy atom. The van der Waals surface area contributed by atoms with Crippen LogP contribution in [0.15, 0.2) is 84.4 Å². The lowest BCUT2D eigenvalue weighted by molar-refractivity contribution is -0.144. The Morgan fingerprint density at radius 2 is 1.55 bits per heavy atom. The molecule has 84 heavy (non-hydrogen) atoms. The predicted molar refractivity (Wildman–Crippen MR) is 332 cm³/mol. The Bertz CT molecular complexity index is 3490. The molecule has 19 heteroatoms. The summed E-state index contributed by atoms with van der Waals surface area (Å²) in [4.78, 5) is 88.0. The Balaban J connectivity index is 0.746. The minimum atomic E-state index is -0.882. The molecule has 1 saturated heterocycles. The largest absolute Gasteiger partial charge is 0.455 e. The molecule has 4 amide bonds. The van der Waals surface area contributed by atoms with Crippen LogP contribution in [0.4, 0.5) is 10.9 Å². The number of aromatic nitrogens is 5. The number of ether oxygens (including phenoxy) is 1. The number of rotatable bonds is 21. The van der Waals surface area contributed by atoms with Crippen LogP contribution in [-0.2, 0) is 38.6 Å². The molecule has 7 aromatic rings. The number of unbranched alkanes of at least 4 members (excludes halogenated alkanes) is 6. The Morgan fingerprint density at radius 1 is 0.821 bits per heavy atom. The zero-order valence-electron chi connectivity index (χ0n) is 50.1. The number of likely N-dealkylation sites (tertiary alicyclic amines) is 1. The van der Waals surface area contributed by atoms with E-state index in [0.29, 0.717) is 54.6 Å². The number of aliphatic hydroxyl groups excluding tert-OH is 1. The van der Waals surface area contributed by atoms with Crippen molar-refractivity contribution in [2.45, 2.75) is 176 Å². The normalized spacial score (nSPS) is 16.1. The van der Waals surface area contributed by atoms with E-state index >= 15 is 0 Å². The van der Waals surface area contributed by atoms with Crippen molar-refractivity contribution < 1.29 is 33.8 Å². The van der Waals surface area contributed by atoms with Gasteiger partial charge in [0.1, 0.15) is 23.5 Å². The van der Waals surface area contributed by atoms with E-state index < -0.39 is 35.2 Å². The van der Waals surface area contributed by atoms with Crippen LogP contribution in [0.25, 0.3) is 31.8 Å². The maximum absolute atomic E-state index is 14.2. The molecule has 1 fully saturated rings. The van der Waals surface area contributed by atoms with Crippen LogP contribution in [0.5, 0.6) is 0 Å². The molecule has 2 aliphatic heterocycles. The molecular formula is C65H80N10O7S2. The summed E-state index contributed by atoms with van der Waals surface area (Å²) < 4.78 is 8.99. The third-order valence-electron chi connectivity index (χ3n) is 15.8. The van der Waals surface area contributed by atoms with Crippen LogP contribution < -0.4 is 20.9 Å². The van der Waals surface area contributed by atoms with E-state index in [4.69, 9.17) is 14.8 Å². The zero-order valence-corrected chi connectivity index (χ0v) is 51.8. The van der Waals surface area contributed by atoms with E-state index in [-0.39, 0.29) is 54.8 Å². The number of benzene rings is 3. The first-order chi connectivity index (χ1) is 40.0. The van der Waals surface area contributed by atoms with E-state index in [1.807, 2.05) is 152 Å². The number of fused-ring (bicyclic) bond motifs is 2. The van der Waals surface area contributed by atoms with Gasteiger partial charge in [-0.05, 0) is 126 Å². The molecule has 9 rings (SSSR count). The second-order valence-electron chi connectivity index (χ2n) is 24.5. The summed E-state index contributed by atoms with van der Waals surface area (Å²) in [6.07, 6.45) is 6.71. The predicted octanol–water partition coefficient (Wildman–Crippen LogP) is 11.9. The quantitative estimate of drug-likeness (QED) is 0.0391. The van der Waals surface area contributed by atoms with Crippen molar-refractivity contribution in [2.24, 2.45) is 5.41 Å². The molecule has 4 atom stereocenters.